The van der Waals surface area contributed by atoms with E-state index in [1.54, 1.807) is 24.3 Å². The summed E-state index contributed by atoms with van der Waals surface area (Å²) in [4.78, 5) is 11.7. The van der Waals surface area contributed by atoms with Crippen molar-refractivity contribution in [1.82, 2.24) is 5.32 Å². The zero-order chi connectivity index (χ0) is 15.0. The number of ether oxygens (including phenoxy) is 1. The van der Waals surface area contributed by atoms with Gasteiger partial charge in [0.15, 0.2) is 0 Å². The molecule has 20 heavy (non-hydrogen) atoms. The molecular weight excluding hydrogens is 278 g/mol. The van der Waals surface area contributed by atoms with E-state index in [1.807, 2.05) is 13.8 Å². The maximum Gasteiger partial charge on any atom is 0.223 e. The van der Waals surface area contributed by atoms with Gasteiger partial charge in [-0.15, -0.1) is 0 Å². The summed E-state index contributed by atoms with van der Waals surface area (Å²) < 4.78 is 5.43. The molecular formula is C15H22ClNO3. The molecule has 0 unspecified atom stereocenters. The van der Waals surface area contributed by atoms with Gasteiger partial charge in [-0.05, 0) is 31.0 Å². The van der Waals surface area contributed by atoms with Gasteiger partial charge in [0.25, 0.3) is 0 Å². The molecule has 0 heterocycles. The summed E-state index contributed by atoms with van der Waals surface area (Å²) in [6.45, 7) is 4.36. The first-order valence-electron chi connectivity index (χ1n) is 6.86. The maximum absolute atomic E-state index is 11.7. The number of aliphatic hydroxyl groups is 1. The third-order valence-electron chi connectivity index (χ3n) is 3.32. The monoisotopic (exact) mass is 299 g/mol. The van der Waals surface area contributed by atoms with E-state index in [-0.39, 0.29) is 25.5 Å². The second-order valence-corrected chi connectivity index (χ2v) is 5.20. The van der Waals surface area contributed by atoms with Crippen molar-refractivity contribution in [3.8, 4) is 5.75 Å². The van der Waals surface area contributed by atoms with Crippen molar-refractivity contribution in [2.45, 2.75) is 38.7 Å². The van der Waals surface area contributed by atoms with Crippen molar-refractivity contribution in [3.63, 3.8) is 0 Å². The number of rotatable bonds is 8. The van der Waals surface area contributed by atoms with Gasteiger partial charge in [-0.3, -0.25) is 4.79 Å². The van der Waals surface area contributed by atoms with Crippen LogP contribution in [0.5, 0.6) is 5.75 Å². The van der Waals surface area contributed by atoms with Crippen LogP contribution in [0, 0.1) is 0 Å². The molecule has 0 aromatic heterocycles. The van der Waals surface area contributed by atoms with Crippen LogP contribution in [0.15, 0.2) is 24.3 Å². The molecule has 0 atom stereocenters. The average molecular weight is 300 g/mol. The Morgan fingerprint density at radius 2 is 2.10 bits per heavy atom. The predicted octanol–water partition coefficient (Wildman–Crippen LogP) is 2.78. The minimum atomic E-state index is -0.816. The SMILES string of the molecule is CCC(O)(CC)CNC(=O)CCOc1cccc(Cl)c1. The molecule has 0 fully saturated rings. The van der Waals surface area contributed by atoms with E-state index < -0.39 is 5.60 Å². The predicted molar refractivity (Wildman–Crippen MR) is 80.1 cm³/mol. The zero-order valence-corrected chi connectivity index (χ0v) is 12.7. The quantitative estimate of drug-likeness (QED) is 0.776. The highest BCUT2D eigenvalue weighted by atomic mass is 35.5. The molecule has 0 aliphatic rings. The Morgan fingerprint density at radius 1 is 1.40 bits per heavy atom. The van der Waals surface area contributed by atoms with Gasteiger partial charge in [0.05, 0.1) is 18.6 Å². The lowest BCUT2D eigenvalue weighted by Gasteiger charge is -2.25. The molecule has 2 N–H and O–H groups in total. The lowest BCUT2D eigenvalue weighted by atomic mass is 9.97. The minimum Gasteiger partial charge on any atom is -0.493 e. The van der Waals surface area contributed by atoms with Crippen molar-refractivity contribution in [1.29, 1.82) is 0 Å². The fraction of sp³-hybridized carbons (Fsp3) is 0.533. The van der Waals surface area contributed by atoms with Crippen LogP contribution in [-0.4, -0.2) is 29.8 Å². The third kappa shape index (κ3) is 5.80. The largest absolute Gasteiger partial charge is 0.493 e. The van der Waals surface area contributed by atoms with Gasteiger partial charge < -0.3 is 15.2 Å². The van der Waals surface area contributed by atoms with Crippen LogP contribution in [0.3, 0.4) is 0 Å². The first kappa shape index (κ1) is 16.8. The van der Waals surface area contributed by atoms with Gasteiger partial charge in [0.1, 0.15) is 5.75 Å². The summed E-state index contributed by atoms with van der Waals surface area (Å²) in [6, 6.07) is 7.04. The first-order chi connectivity index (χ1) is 9.49. The molecule has 0 saturated heterocycles. The molecule has 0 saturated carbocycles. The second kappa shape index (κ2) is 8.12. The topological polar surface area (TPSA) is 58.6 Å². The maximum atomic E-state index is 11.7. The molecule has 1 aromatic carbocycles. The number of halogens is 1. The second-order valence-electron chi connectivity index (χ2n) is 4.76. The fourth-order valence-corrected chi connectivity index (χ4v) is 1.85. The van der Waals surface area contributed by atoms with Gasteiger partial charge >= 0.3 is 0 Å². The first-order valence-corrected chi connectivity index (χ1v) is 7.24. The van der Waals surface area contributed by atoms with Crippen molar-refractivity contribution < 1.29 is 14.6 Å². The summed E-state index contributed by atoms with van der Waals surface area (Å²) in [6.07, 6.45) is 1.47. The molecule has 0 bridgehead atoms. The van der Waals surface area contributed by atoms with Crippen LogP contribution in [0.1, 0.15) is 33.1 Å². The van der Waals surface area contributed by atoms with E-state index in [0.717, 1.165) is 0 Å². The van der Waals surface area contributed by atoms with Gasteiger partial charge in [-0.2, -0.15) is 0 Å². The molecule has 4 nitrogen and oxygen atoms in total. The van der Waals surface area contributed by atoms with Crippen LogP contribution in [-0.2, 0) is 4.79 Å². The molecule has 0 radical (unpaired) electrons. The highest BCUT2D eigenvalue weighted by Gasteiger charge is 2.22. The Kier molecular flexibility index (Phi) is 6.82. The van der Waals surface area contributed by atoms with Crippen LogP contribution in [0.25, 0.3) is 0 Å². The van der Waals surface area contributed by atoms with E-state index >= 15 is 0 Å². The van der Waals surface area contributed by atoms with Gasteiger partial charge in [-0.25, -0.2) is 0 Å². The lowest BCUT2D eigenvalue weighted by molar-refractivity contribution is -0.122. The van der Waals surface area contributed by atoms with Crippen molar-refractivity contribution in [2.24, 2.45) is 0 Å². The molecule has 1 amide bonds. The van der Waals surface area contributed by atoms with Crippen LogP contribution in [0.4, 0.5) is 0 Å². The van der Waals surface area contributed by atoms with E-state index in [0.29, 0.717) is 23.6 Å². The average Bonchev–Trinajstić information content (AvgIpc) is 2.45. The summed E-state index contributed by atoms with van der Waals surface area (Å²) >= 11 is 5.83. The number of hydrogen-bond donors (Lipinski definition) is 2. The molecule has 1 rings (SSSR count). The summed E-state index contributed by atoms with van der Waals surface area (Å²) in [5, 5.41) is 13.4. The van der Waals surface area contributed by atoms with Gasteiger partial charge in [0.2, 0.25) is 5.91 Å². The van der Waals surface area contributed by atoms with Crippen LogP contribution in [0.2, 0.25) is 5.02 Å². The summed E-state index contributed by atoms with van der Waals surface area (Å²) in [7, 11) is 0. The molecule has 1 aromatic rings. The molecule has 0 aliphatic carbocycles. The van der Waals surface area contributed by atoms with Crippen molar-refractivity contribution in [2.75, 3.05) is 13.2 Å². The number of hydrogen-bond acceptors (Lipinski definition) is 3. The van der Waals surface area contributed by atoms with E-state index in [1.165, 1.54) is 0 Å². The molecule has 0 aliphatic heterocycles. The molecule has 112 valence electrons. The third-order valence-corrected chi connectivity index (χ3v) is 3.56. The minimum absolute atomic E-state index is 0.132. The highest BCUT2D eigenvalue weighted by Crippen LogP contribution is 2.17. The normalized spacial score (nSPS) is 11.2. The fourth-order valence-electron chi connectivity index (χ4n) is 1.67. The number of amides is 1. The van der Waals surface area contributed by atoms with Crippen LogP contribution >= 0.6 is 11.6 Å². The van der Waals surface area contributed by atoms with Crippen molar-refractivity contribution in [3.05, 3.63) is 29.3 Å². The molecule has 0 spiro atoms. The number of carbonyl (C=O) groups excluding carboxylic acids is 1. The lowest BCUT2D eigenvalue weighted by Crippen LogP contribution is -2.42. The number of nitrogens with one attached hydrogen (secondary N) is 1. The highest BCUT2D eigenvalue weighted by molar-refractivity contribution is 6.30. The summed E-state index contributed by atoms with van der Waals surface area (Å²) in [5.41, 5.74) is -0.816. The number of carbonyl (C=O) groups is 1. The van der Waals surface area contributed by atoms with E-state index in [9.17, 15) is 9.90 Å². The van der Waals surface area contributed by atoms with E-state index in [4.69, 9.17) is 16.3 Å². The zero-order valence-electron chi connectivity index (χ0n) is 12.0. The summed E-state index contributed by atoms with van der Waals surface area (Å²) in [5.74, 6) is 0.510. The molecule has 5 heteroatoms. The Hall–Kier alpha value is -1.26. The van der Waals surface area contributed by atoms with Gasteiger partial charge in [-0.1, -0.05) is 31.5 Å². The van der Waals surface area contributed by atoms with Gasteiger partial charge in [0, 0.05) is 11.6 Å². The Labute approximate surface area is 125 Å². The Balaban J connectivity index is 2.27. The van der Waals surface area contributed by atoms with Crippen molar-refractivity contribution >= 4 is 17.5 Å². The number of benzene rings is 1. The Bertz CT molecular complexity index is 433. The standard InChI is InChI=1S/C15H22ClNO3/c1-3-15(19,4-2)11-17-14(18)8-9-20-13-7-5-6-12(16)10-13/h5-7,10,19H,3-4,8-9,11H2,1-2H3,(H,17,18). The van der Waals surface area contributed by atoms with E-state index in [2.05, 4.69) is 5.32 Å². The smallest absolute Gasteiger partial charge is 0.223 e. The Morgan fingerprint density at radius 3 is 2.70 bits per heavy atom. The van der Waals surface area contributed by atoms with Crippen LogP contribution < -0.4 is 10.1 Å².